The van der Waals surface area contributed by atoms with Gasteiger partial charge in [0.1, 0.15) is 11.5 Å². The largest absolute Gasteiger partial charge is 0.455 e. The topological polar surface area (TPSA) is 73.1 Å². The minimum Gasteiger partial charge on any atom is -0.455 e. The van der Waals surface area contributed by atoms with Crippen molar-refractivity contribution in [1.29, 1.82) is 0 Å². The van der Waals surface area contributed by atoms with Crippen LogP contribution in [0.5, 0.6) is 0 Å². The van der Waals surface area contributed by atoms with Crippen molar-refractivity contribution in [3.05, 3.63) is 46.1 Å². The van der Waals surface area contributed by atoms with Crippen LogP contribution >= 0.6 is 15.9 Å². The van der Waals surface area contributed by atoms with E-state index in [0.717, 1.165) is 21.4 Å². The van der Waals surface area contributed by atoms with Gasteiger partial charge in [0, 0.05) is 10.0 Å². The molecule has 1 N–H and O–H groups in total. The van der Waals surface area contributed by atoms with Gasteiger partial charge in [-0.3, -0.25) is 4.79 Å². The third-order valence-electron chi connectivity index (χ3n) is 3.84. The van der Waals surface area contributed by atoms with Gasteiger partial charge in [0.15, 0.2) is 5.79 Å². The van der Waals surface area contributed by atoms with Crippen molar-refractivity contribution in [3.8, 4) is 11.3 Å². The molecule has 0 atom stereocenters. The standard InChI is InChI=1S/C18H19BrN2O4/c1-12-3-4-13(9-15(12)19)16-6-5-14(25-16)11-20-21-17(22)10-18(2)23-7-8-24-18/h3-6,9,11H,7-8,10H2,1-2H3,(H,21,22)/b20-11-. The molecule has 0 bridgehead atoms. The van der Waals surface area contributed by atoms with Gasteiger partial charge in [0.25, 0.3) is 0 Å². The quantitative estimate of drug-likeness (QED) is 0.607. The van der Waals surface area contributed by atoms with Crippen LogP contribution in [0, 0.1) is 6.92 Å². The molecule has 0 saturated carbocycles. The number of hydrogen-bond donors (Lipinski definition) is 1. The molecule has 6 nitrogen and oxygen atoms in total. The van der Waals surface area contributed by atoms with E-state index in [-0.39, 0.29) is 12.3 Å². The van der Waals surface area contributed by atoms with Crippen molar-refractivity contribution >= 4 is 28.1 Å². The summed E-state index contributed by atoms with van der Waals surface area (Å²) < 4.78 is 17.5. The summed E-state index contributed by atoms with van der Waals surface area (Å²) in [5.74, 6) is 0.131. The number of carbonyl (C=O) groups is 1. The molecule has 0 unspecified atom stereocenters. The monoisotopic (exact) mass is 406 g/mol. The molecule has 1 amide bonds. The van der Waals surface area contributed by atoms with E-state index in [1.165, 1.54) is 6.21 Å². The third-order valence-corrected chi connectivity index (χ3v) is 4.70. The number of halogens is 1. The zero-order valence-electron chi connectivity index (χ0n) is 14.0. The Labute approximate surface area is 154 Å². The SMILES string of the molecule is Cc1ccc(-c2ccc(/C=N\NC(=O)CC3(C)OCCO3)o2)cc1Br. The molecule has 25 heavy (non-hydrogen) atoms. The summed E-state index contributed by atoms with van der Waals surface area (Å²) in [6.07, 6.45) is 1.55. The molecule has 1 aliphatic heterocycles. The highest BCUT2D eigenvalue weighted by molar-refractivity contribution is 9.10. The Morgan fingerprint density at radius 3 is 2.80 bits per heavy atom. The van der Waals surface area contributed by atoms with Crippen LogP contribution in [0.4, 0.5) is 0 Å². The normalized spacial score (nSPS) is 16.4. The molecule has 1 aromatic carbocycles. The summed E-state index contributed by atoms with van der Waals surface area (Å²) in [6, 6.07) is 9.66. The lowest BCUT2D eigenvalue weighted by atomic mass is 10.1. The molecule has 1 saturated heterocycles. The van der Waals surface area contributed by atoms with Crippen LogP contribution in [0.1, 0.15) is 24.7 Å². The fraction of sp³-hybridized carbons (Fsp3) is 0.333. The second-order valence-corrected chi connectivity index (χ2v) is 6.82. The third kappa shape index (κ3) is 4.56. The Morgan fingerprint density at radius 1 is 1.32 bits per heavy atom. The lowest BCUT2D eigenvalue weighted by Crippen LogP contribution is -2.33. The maximum atomic E-state index is 11.9. The minimum absolute atomic E-state index is 0.0884. The van der Waals surface area contributed by atoms with Gasteiger partial charge in [0.2, 0.25) is 5.91 Å². The summed E-state index contributed by atoms with van der Waals surface area (Å²) in [5.41, 5.74) is 4.57. The van der Waals surface area contributed by atoms with Crippen molar-refractivity contribution in [2.75, 3.05) is 13.2 Å². The molecule has 2 heterocycles. The second-order valence-electron chi connectivity index (χ2n) is 5.97. The first-order valence-electron chi connectivity index (χ1n) is 7.91. The first-order valence-corrected chi connectivity index (χ1v) is 8.71. The van der Waals surface area contributed by atoms with Crippen LogP contribution in [0.25, 0.3) is 11.3 Å². The van der Waals surface area contributed by atoms with Gasteiger partial charge in [0.05, 0.1) is 25.8 Å². The second kappa shape index (κ2) is 7.51. The number of ether oxygens (including phenoxy) is 2. The number of nitrogens with zero attached hydrogens (tertiary/aromatic N) is 1. The molecule has 1 aromatic heterocycles. The Hall–Kier alpha value is -1.96. The summed E-state index contributed by atoms with van der Waals surface area (Å²) in [6.45, 7) is 4.76. The van der Waals surface area contributed by atoms with Gasteiger partial charge in [-0.2, -0.15) is 5.10 Å². The predicted octanol–water partition coefficient (Wildman–Crippen LogP) is 3.62. The lowest BCUT2D eigenvalue weighted by molar-refractivity contribution is -0.159. The van der Waals surface area contributed by atoms with Gasteiger partial charge < -0.3 is 13.9 Å². The predicted molar refractivity (Wildman–Crippen MR) is 97.2 cm³/mol. The van der Waals surface area contributed by atoms with Crippen molar-refractivity contribution in [1.82, 2.24) is 5.43 Å². The zero-order valence-corrected chi connectivity index (χ0v) is 15.6. The lowest BCUT2D eigenvalue weighted by Gasteiger charge is -2.20. The van der Waals surface area contributed by atoms with Gasteiger partial charge in [-0.25, -0.2) is 5.43 Å². The van der Waals surface area contributed by atoms with Crippen LogP contribution in [0.2, 0.25) is 0 Å². The van der Waals surface area contributed by atoms with Crippen molar-refractivity contribution in [3.63, 3.8) is 0 Å². The number of benzene rings is 1. The average Bonchev–Trinajstić information content (AvgIpc) is 3.19. The number of hydrazone groups is 1. The van der Waals surface area contributed by atoms with E-state index in [1.807, 2.05) is 31.2 Å². The highest BCUT2D eigenvalue weighted by Crippen LogP contribution is 2.27. The smallest absolute Gasteiger partial charge is 0.245 e. The van der Waals surface area contributed by atoms with E-state index in [0.29, 0.717) is 19.0 Å². The number of furan rings is 1. The summed E-state index contributed by atoms with van der Waals surface area (Å²) in [5, 5.41) is 3.91. The Balaban J connectivity index is 1.58. The van der Waals surface area contributed by atoms with Crippen molar-refractivity contribution in [2.45, 2.75) is 26.1 Å². The van der Waals surface area contributed by atoms with Crippen LogP contribution in [0.3, 0.4) is 0 Å². The Morgan fingerprint density at radius 2 is 2.08 bits per heavy atom. The van der Waals surface area contributed by atoms with E-state index in [2.05, 4.69) is 26.5 Å². The molecule has 0 radical (unpaired) electrons. The molecule has 1 aliphatic rings. The number of amides is 1. The molecule has 132 valence electrons. The van der Waals surface area contributed by atoms with E-state index < -0.39 is 5.79 Å². The molecule has 2 aromatic rings. The molecular weight excluding hydrogens is 388 g/mol. The molecule has 1 fully saturated rings. The van der Waals surface area contributed by atoms with Gasteiger partial charge in [-0.15, -0.1) is 0 Å². The molecule has 3 rings (SSSR count). The molecule has 0 aliphatic carbocycles. The number of carbonyl (C=O) groups excluding carboxylic acids is 1. The van der Waals surface area contributed by atoms with Crippen LogP contribution in [-0.2, 0) is 14.3 Å². The van der Waals surface area contributed by atoms with Crippen LogP contribution < -0.4 is 5.43 Å². The molecule has 7 heteroatoms. The fourth-order valence-corrected chi connectivity index (χ4v) is 2.86. The number of nitrogens with one attached hydrogen (secondary N) is 1. The van der Waals surface area contributed by atoms with Crippen LogP contribution in [-0.4, -0.2) is 31.1 Å². The van der Waals surface area contributed by atoms with Crippen molar-refractivity contribution in [2.24, 2.45) is 5.10 Å². The fourth-order valence-electron chi connectivity index (χ4n) is 2.48. The summed E-state index contributed by atoms with van der Waals surface area (Å²) in [7, 11) is 0. The zero-order chi connectivity index (χ0) is 17.9. The summed E-state index contributed by atoms with van der Waals surface area (Å²) in [4.78, 5) is 11.9. The van der Waals surface area contributed by atoms with E-state index >= 15 is 0 Å². The van der Waals surface area contributed by atoms with Gasteiger partial charge >= 0.3 is 0 Å². The highest BCUT2D eigenvalue weighted by atomic mass is 79.9. The number of rotatable bonds is 5. The maximum Gasteiger partial charge on any atom is 0.245 e. The van der Waals surface area contributed by atoms with Gasteiger partial charge in [-0.1, -0.05) is 28.1 Å². The van der Waals surface area contributed by atoms with Crippen molar-refractivity contribution < 1.29 is 18.7 Å². The van der Waals surface area contributed by atoms with Crippen LogP contribution in [0.15, 0.2) is 44.3 Å². The molecular formula is C18H19BrN2O4. The minimum atomic E-state index is -0.865. The number of hydrogen-bond acceptors (Lipinski definition) is 5. The Kier molecular flexibility index (Phi) is 5.36. The van der Waals surface area contributed by atoms with E-state index in [9.17, 15) is 4.79 Å². The highest BCUT2D eigenvalue weighted by Gasteiger charge is 2.33. The first kappa shape index (κ1) is 17.8. The van der Waals surface area contributed by atoms with E-state index in [1.54, 1.807) is 13.0 Å². The maximum absolute atomic E-state index is 11.9. The van der Waals surface area contributed by atoms with Gasteiger partial charge in [-0.05, 0) is 37.6 Å². The first-order chi connectivity index (χ1) is 12.0. The van der Waals surface area contributed by atoms with E-state index in [4.69, 9.17) is 13.9 Å². The summed E-state index contributed by atoms with van der Waals surface area (Å²) >= 11 is 3.51. The Bertz CT molecular complexity index is 794. The number of aryl methyl sites for hydroxylation is 1. The molecule has 0 spiro atoms. The average molecular weight is 407 g/mol.